The van der Waals surface area contributed by atoms with Crippen LogP contribution in [0.5, 0.6) is 11.5 Å². The lowest BCUT2D eigenvalue weighted by Gasteiger charge is -2.31. The first kappa shape index (κ1) is 18.0. The average molecular weight is 368 g/mol. The van der Waals surface area contributed by atoms with E-state index >= 15 is 0 Å². The van der Waals surface area contributed by atoms with Crippen molar-refractivity contribution in [1.29, 1.82) is 0 Å². The minimum atomic E-state index is -3.16. The number of fused-ring (bicyclic) bond motifs is 1. The van der Waals surface area contributed by atoms with Crippen LogP contribution in [-0.4, -0.2) is 56.7 Å². The number of nitrogens with zero attached hydrogens (tertiary/aromatic N) is 1. The third-order valence-corrected chi connectivity index (χ3v) is 6.54. The molecule has 1 N–H and O–H groups in total. The number of hydrogen-bond donors (Lipinski definition) is 1. The second-order valence-electron chi connectivity index (χ2n) is 6.32. The number of piperidine rings is 1. The van der Waals surface area contributed by atoms with Crippen molar-refractivity contribution in [2.75, 3.05) is 32.0 Å². The molecule has 0 aliphatic carbocycles. The number of carbonyl (C=O) groups is 1. The van der Waals surface area contributed by atoms with Crippen LogP contribution in [0, 0.1) is 5.92 Å². The summed E-state index contributed by atoms with van der Waals surface area (Å²) in [7, 11) is -3.16. The second-order valence-corrected chi connectivity index (χ2v) is 8.57. The summed E-state index contributed by atoms with van der Waals surface area (Å²) in [6.45, 7) is 3.22. The molecule has 0 aromatic heterocycles. The van der Waals surface area contributed by atoms with Gasteiger partial charge in [0.1, 0.15) is 12.7 Å². The van der Waals surface area contributed by atoms with Gasteiger partial charge in [0.2, 0.25) is 15.9 Å². The maximum absolute atomic E-state index is 12.3. The minimum absolute atomic E-state index is 0.0454. The van der Waals surface area contributed by atoms with Crippen LogP contribution in [0.4, 0.5) is 0 Å². The number of ether oxygens (including phenoxy) is 2. The third kappa shape index (κ3) is 4.24. The fraction of sp³-hybridized carbons (Fsp3) is 0.588. The quantitative estimate of drug-likeness (QED) is 0.838. The zero-order valence-electron chi connectivity index (χ0n) is 14.3. The summed E-state index contributed by atoms with van der Waals surface area (Å²) in [6.07, 6.45) is 0.880. The lowest BCUT2D eigenvalue weighted by atomic mass is 9.97. The number of benzene rings is 1. The van der Waals surface area contributed by atoms with Crippen LogP contribution >= 0.6 is 0 Å². The normalized spacial score (nSPS) is 21.7. The molecule has 0 spiro atoms. The summed E-state index contributed by atoms with van der Waals surface area (Å²) in [5.41, 5.74) is 0. The molecule has 1 unspecified atom stereocenters. The SMILES string of the molecule is CCS(=O)(=O)N1CCC(C(=O)NCC2COc3ccccc3O2)CC1. The van der Waals surface area contributed by atoms with Gasteiger partial charge in [-0.2, -0.15) is 0 Å². The first-order valence-corrected chi connectivity index (χ1v) is 10.2. The van der Waals surface area contributed by atoms with Gasteiger partial charge >= 0.3 is 0 Å². The molecule has 0 radical (unpaired) electrons. The molecule has 138 valence electrons. The smallest absolute Gasteiger partial charge is 0.223 e. The maximum atomic E-state index is 12.3. The van der Waals surface area contributed by atoms with Gasteiger partial charge in [0.05, 0.1) is 12.3 Å². The van der Waals surface area contributed by atoms with E-state index in [9.17, 15) is 13.2 Å². The van der Waals surface area contributed by atoms with Gasteiger partial charge in [0.15, 0.2) is 11.5 Å². The molecule has 2 heterocycles. The average Bonchev–Trinajstić information content (AvgIpc) is 2.66. The van der Waals surface area contributed by atoms with Crippen molar-refractivity contribution < 1.29 is 22.7 Å². The Morgan fingerprint density at radius 1 is 1.24 bits per heavy atom. The molecular formula is C17H24N2O5S. The monoisotopic (exact) mass is 368 g/mol. The van der Waals surface area contributed by atoms with E-state index in [0.29, 0.717) is 44.8 Å². The molecule has 1 aromatic carbocycles. The Kier molecular flexibility index (Phi) is 5.48. The van der Waals surface area contributed by atoms with E-state index in [1.165, 1.54) is 4.31 Å². The first-order chi connectivity index (χ1) is 12.0. The van der Waals surface area contributed by atoms with Crippen LogP contribution in [0.3, 0.4) is 0 Å². The molecule has 1 fully saturated rings. The maximum Gasteiger partial charge on any atom is 0.223 e. The van der Waals surface area contributed by atoms with Crippen molar-refractivity contribution in [2.45, 2.75) is 25.9 Å². The van der Waals surface area contributed by atoms with E-state index < -0.39 is 10.0 Å². The highest BCUT2D eigenvalue weighted by atomic mass is 32.2. The molecule has 0 bridgehead atoms. The fourth-order valence-electron chi connectivity index (χ4n) is 3.10. The Morgan fingerprint density at radius 2 is 1.92 bits per heavy atom. The van der Waals surface area contributed by atoms with Crippen LogP contribution in [0.2, 0.25) is 0 Å². The van der Waals surface area contributed by atoms with Crippen molar-refractivity contribution in [3.05, 3.63) is 24.3 Å². The molecule has 2 aliphatic rings. The van der Waals surface area contributed by atoms with Crippen LogP contribution in [-0.2, 0) is 14.8 Å². The van der Waals surface area contributed by atoms with Crippen molar-refractivity contribution >= 4 is 15.9 Å². The molecule has 1 saturated heterocycles. The highest BCUT2D eigenvalue weighted by Gasteiger charge is 2.30. The van der Waals surface area contributed by atoms with Crippen molar-refractivity contribution in [3.8, 4) is 11.5 Å². The minimum Gasteiger partial charge on any atom is -0.486 e. The summed E-state index contributed by atoms with van der Waals surface area (Å²) < 4.78 is 36.6. The van der Waals surface area contributed by atoms with E-state index in [0.717, 1.165) is 5.75 Å². The molecule has 1 aromatic rings. The number of carbonyl (C=O) groups excluding carboxylic acids is 1. The number of nitrogens with one attached hydrogen (secondary N) is 1. The van der Waals surface area contributed by atoms with E-state index in [4.69, 9.17) is 9.47 Å². The van der Waals surface area contributed by atoms with Gasteiger partial charge in [-0.1, -0.05) is 12.1 Å². The predicted octanol–water partition coefficient (Wildman–Crippen LogP) is 1.00. The molecular weight excluding hydrogens is 344 g/mol. The lowest BCUT2D eigenvalue weighted by molar-refractivity contribution is -0.126. The van der Waals surface area contributed by atoms with Gasteiger partial charge in [-0.05, 0) is 31.9 Å². The third-order valence-electron chi connectivity index (χ3n) is 4.65. The van der Waals surface area contributed by atoms with E-state index in [2.05, 4.69) is 5.32 Å². The topological polar surface area (TPSA) is 84.9 Å². The highest BCUT2D eigenvalue weighted by Crippen LogP contribution is 2.30. The molecule has 8 heteroatoms. The molecule has 0 saturated carbocycles. The Morgan fingerprint density at radius 3 is 2.60 bits per heavy atom. The first-order valence-electron chi connectivity index (χ1n) is 8.63. The van der Waals surface area contributed by atoms with Gasteiger partial charge in [-0.25, -0.2) is 12.7 Å². The van der Waals surface area contributed by atoms with Gasteiger partial charge in [-0.15, -0.1) is 0 Å². The number of rotatable bonds is 5. The summed E-state index contributed by atoms with van der Waals surface area (Å²) in [4.78, 5) is 12.3. The second kappa shape index (κ2) is 7.61. The van der Waals surface area contributed by atoms with Gasteiger partial charge in [0, 0.05) is 19.0 Å². The molecule has 1 atom stereocenters. The molecule has 1 amide bonds. The zero-order chi connectivity index (χ0) is 17.9. The molecule has 25 heavy (non-hydrogen) atoms. The van der Waals surface area contributed by atoms with E-state index in [1.807, 2.05) is 24.3 Å². The highest BCUT2D eigenvalue weighted by molar-refractivity contribution is 7.89. The lowest BCUT2D eigenvalue weighted by Crippen LogP contribution is -2.46. The number of para-hydroxylation sites is 2. The molecule has 3 rings (SSSR count). The van der Waals surface area contributed by atoms with Crippen LogP contribution in [0.25, 0.3) is 0 Å². The Labute approximate surface area is 148 Å². The standard InChI is InChI=1S/C17H24N2O5S/c1-2-25(21,22)19-9-7-13(8-10-19)17(20)18-11-14-12-23-15-5-3-4-6-16(15)24-14/h3-6,13-14H,2,7-12H2,1H3,(H,18,20). The van der Waals surface area contributed by atoms with Gasteiger partial charge < -0.3 is 14.8 Å². The van der Waals surface area contributed by atoms with Crippen molar-refractivity contribution in [2.24, 2.45) is 5.92 Å². The molecule has 2 aliphatic heterocycles. The predicted molar refractivity (Wildman–Crippen MR) is 93.1 cm³/mol. The number of sulfonamides is 1. The van der Waals surface area contributed by atoms with E-state index in [1.54, 1.807) is 6.92 Å². The van der Waals surface area contributed by atoms with E-state index in [-0.39, 0.29) is 23.7 Å². The Hall–Kier alpha value is -1.80. The summed E-state index contributed by atoms with van der Waals surface area (Å²) in [6, 6.07) is 7.45. The summed E-state index contributed by atoms with van der Waals surface area (Å²) >= 11 is 0. The van der Waals surface area contributed by atoms with Crippen LogP contribution in [0.1, 0.15) is 19.8 Å². The zero-order valence-corrected chi connectivity index (χ0v) is 15.1. The van der Waals surface area contributed by atoms with Crippen LogP contribution in [0.15, 0.2) is 24.3 Å². The Bertz CT molecular complexity index is 714. The van der Waals surface area contributed by atoms with Crippen molar-refractivity contribution in [1.82, 2.24) is 9.62 Å². The van der Waals surface area contributed by atoms with Crippen LogP contribution < -0.4 is 14.8 Å². The van der Waals surface area contributed by atoms with Gasteiger partial charge in [0.25, 0.3) is 0 Å². The number of hydrogen-bond acceptors (Lipinski definition) is 5. The van der Waals surface area contributed by atoms with Crippen molar-refractivity contribution in [3.63, 3.8) is 0 Å². The summed E-state index contributed by atoms with van der Waals surface area (Å²) in [5, 5.41) is 2.91. The largest absolute Gasteiger partial charge is 0.486 e. The number of amides is 1. The summed E-state index contributed by atoms with van der Waals surface area (Å²) in [5.74, 6) is 1.31. The van der Waals surface area contributed by atoms with Gasteiger partial charge in [-0.3, -0.25) is 4.79 Å². The fourth-order valence-corrected chi connectivity index (χ4v) is 4.23. The molecule has 7 nitrogen and oxygen atoms in total. The Balaban J connectivity index is 1.45.